The molecule has 0 N–H and O–H groups in total. The van der Waals surface area contributed by atoms with Crippen LogP contribution in [0.2, 0.25) is 0 Å². The van der Waals surface area contributed by atoms with Gasteiger partial charge in [0.05, 0.1) is 30.7 Å². The number of aryl methyl sites for hydroxylation is 2. The standard InChI is InChI=1S/C23H26N4O2S/c1-14-7-9-27(10-8-14)13-20-25-22(21-15(2)16(3)30-23(21)26-20)29-18-6-5-17(12-24)11-19(18)28-4/h5-6,11,14H,7-10,13H2,1-4H3. The molecule has 0 aliphatic carbocycles. The summed E-state index contributed by atoms with van der Waals surface area (Å²) in [6.45, 7) is 9.36. The predicted octanol–water partition coefficient (Wildman–Crippen LogP) is 5.21. The lowest BCUT2D eigenvalue weighted by Crippen LogP contribution is -2.32. The second-order valence-electron chi connectivity index (χ2n) is 7.95. The van der Waals surface area contributed by atoms with E-state index in [1.165, 1.54) is 17.7 Å². The zero-order valence-corrected chi connectivity index (χ0v) is 18.7. The monoisotopic (exact) mass is 422 g/mol. The SMILES string of the molecule is COc1cc(C#N)ccc1Oc1nc(CN2CCC(C)CC2)nc2sc(C)c(C)c12. The maximum Gasteiger partial charge on any atom is 0.231 e. The van der Waals surface area contributed by atoms with Crippen LogP contribution in [0.25, 0.3) is 10.2 Å². The van der Waals surface area contributed by atoms with Crippen LogP contribution in [0.5, 0.6) is 17.4 Å². The predicted molar refractivity (Wildman–Crippen MR) is 118 cm³/mol. The van der Waals surface area contributed by atoms with Crippen molar-refractivity contribution in [2.75, 3.05) is 20.2 Å². The van der Waals surface area contributed by atoms with Crippen molar-refractivity contribution in [3.63, 3.8) is 0 Å². The topological polar surface area (TPSA) is 71.3 Å². The van der Waals surface area contributed by atoms with Gasteiger partial charge in [0.1, 0.15) is 10.7 Å². The Bertz CT molecular complexity index is 1110. The molecule has 0 unspecified atom stereocenters. The number of rotatable bonds is 5. The zero-order chi connectivity index (χ0) is 21.3. The fourth-order valence-electron chi connectivity index (χ4n) is 3.75. The van der Waals surface area contributed by atoms with Gasteiger partial charge in [-0.1, -0.05) is 6.92 Å². The highest BCUT2D eigenvalue weighted by atomic mass is 32.1. The van der Waals surface area contributed by atoms with E-state index >= 15 is 0 Å². The van der Waals surface area contributed by atoms with Crippen LogP contribution in [0, 0.1) is 31.1 Å². The molecule has 0 spiro atoms. The minimum Gasteiger partial charge on any atom is -0.493 e. The summed E-state index contributed by atoms with van der Waals surface area (Å²) in [5, 5.41) is 10.1. The lowest BCUT2D eigenvalue weighted by atomic mass is 9.99. The average Bonchev–Trinajstić information content (AvgIpc) is 3.03. The van der Waals surface area contributed by atoms with Crippen LogP contribution in [0.1, 0.15) is 41.6 Å². The second-order valence-corrected chi connectivity index (χ2v) is 9.15. The first-order chi connectivity index (χ1) is 14.5. The molecule has 7 heteroatoms. The number of benzene rings is 1. The number of thiophene rings is 1. The fraction of sp³-hybridized carbons (Fsp3) is 0.435. The molecule has 0 radical (unpaired) electrons. The van der Waals surface area contributed by atoms with Crippen LogP contribution in [0.3, 0.4) is 0 Å². The van der Waals surface area contributed by atoms with E-state index in [4.69, 9.17) is 24.7 Å². The summed E-state index contributed by atoms with van der Waals surface area (Å²) in [5.74, 6) is 3.16. The van der Waals surface area contributed by atoms with Gasteiger partial charge in [0.15, 0.2) is 11.5 Å². The van der Waals surface area contributed by atoms with E-state index in [1.807, 2.05) is 0 Å². The number of fused-ring (bicyclic) bond motifs is 1. The number of methoxy groups -OCH3 is 1. The molecule has 156 valence electrons. The summed E-state index contributed by atoms with van der Waals surface area (Å²) in [7, 11) is 1.57. The molecule has 1 saturated heterocycles. The van der Waals surface area contributed by atoms with Crippen molar-refractivity contribution < 1.29 is 9.47 Å². The third-order valence-corrected chi connectivity index (χ3v) is 6.88. The highest BCUT2D eigenvalue weighted by Gasteiger charge is 2.21. The minimum atomic E-state index is 0.511. The number of piperidine rings is 1. The normalized spacial score (nSPS) is 15.3. The average molecular weight is 423 g/mol. The zero-order valence-electron chi connectivity index (χ0n) is 17.9. The Hall–Kier alpha value is -2.69. The van der Waals surface area contributed by atoms with Crippen LogP contribution in [-0.2, 0) is 6.54 Å². The number of hydrogen-bond donors (Lipinski definition) is 0. The lowest BCUT2D eigenvalue weighted by Gasteiger charge is -2.29. The molecular formula is C23H26N4O2S. The number of likely N-dealkylation sites (tertiary alicyclic amines) is 1. The van der Waals surface area contributed by atoms with Crippen LogP contribution in [0.15, 0.2) is 18.2 Å². The van der Waals surface area contributed by atoms with Gasteiger partial charge in [-0.05, 0) is 63.4 Å². The molecule has 1 aromatic carbocycles. The largest absolute Gasteiger partial charge is 0.493 e. The third kappa shape index (κ3) is 4.11. The number of nitriles is 1. The summed E-state index contributed by atoms with van der Waals surface area (Å²) in [5.41, 5.74) is 1.66. The van der Waals surface area contributed by atoms with E-state index in [0.29, 0.717) is 22.9 Å². The smallest absolute Gasteiger partial charge is 0.231 e. The van der Waals surface area contributed by atoms with Crippen LogP contribution in [0.4, 0.5) is 0 Å². The van der Waals surface area contributed by atoms with Gasteiger partial charge in [-0.3, -0.25) is 4.90 Å². The van der Waals surface area contributed by atoms with Gasteiger partial charge in [-0.2, -0.15) is 10.2 Å². The van der Waals surface area contributed by atoms with Gasteiger partial charge in [0.25, 0.3) is 0 Å². The molecule has 3 aromatic rings. The van der Waals surface area contributed by atoms with Gasteiger partial charge in [-0.15, -0.1) is 11.3 Å². The second kappa shape index (κ2) is 8.58. The van der Waals surface area contributed by atoms with E-state index in [9.17, 15) is 0 Å². The van der Waals surface area contributed by atoms with Gasteiger partial charge < -0.3 is 9.47 Å². The molecule has 0 amide bonds. The Labute approximate surface area is 181 Å². The molecule has 6 nitrogen and oxygen atoms in total. The Morgan fingerprint density at radius 1 is 1.20 bits per heavy atom. The molecule has 4 rings (SSSR count). The minimum absolute atomic E-state index is 0.511. The Balaban J connectivity index is 1.71. The molecule has 0 atom stereocenters. The van der Waals surface area contributed by atoms with E-state index in [2.05, 4.69) is 31.7 Å². The maximum atomic E-state index is 9.16. The fourth-order valence-corrected chi connectivity index (χ4v) is 4.78. The van der Waals surface area contributed by atoms with Crippen molar-refractivity contribution in [2.45, 2.75) is 40.2 Å². The van der Waals surface area contributed by atoms with Gasteiger partial charge >= 0.3 is 0 Å². The van der Waals surface area contributed by atoms with Crippen LogP contribution < -0.4 is 9.47 Å². The highest BCUT2D eigenvalue weighted by molar-refractivity contribution is 7.18. The van der Waals surface area contributed by atoms with Crippen molar-refractivity contribution >= 4 is 21.6 Å². The summed E-state index contributed by atoms with van der Waals surface area (Å²) in [6, 6.07) is 7.28. The first kappa shape index (κ1) is 20.6. The quantitative estimate of drug-likeness (QED) is 0.562. The Morgan fingerprint density at radius 2 is 1.97 bits per heavy atom. The summed E-state index contributed by atoms with van der Waals surface area (Å²) in [6.07, 6.45) is 2.43. The van der Waals surface area contributed by atoms with Gasteiger partial charge in [0.2, 0.25) is 5.88 Å². The third-order valence-electron chi connectivity index (χ3n) is 5.78. The molecule has 1 aliphatic heterocycles. The number of nitrogens with zero attached hydrogens (tertiary/aromatic N) is 4. The number of aromatic nitrogens is 2. The summed E-state index contributed by atoms with van der Waals surface area (Å²) in [4.78, 5) is 14.2. The Morgan fingerprint density at radius 3 is 2.67 bits per heavy atom. The number of hydrogen-bond acceptors (Lipinski definition) is 7. The van der Waals surface area contributed by atoms with Crippen molar-refractivity contribution in [3.8, 4) is 23.4 Å². The Kier molecular flexibility index (Phi) is 5.89. The van der Waals surface area contributed by atoms with Crippen LogP contribution in [-0.4, -0.2) is 35.1 Å². The van der Waals surface area contributed by atoms with E-state index in [0.717, 1.165) is 47.2 Å². The molecule has 0 bridgehead atoms. The van der Waals surface area contributed by atoms with Crippen molar-refractivity contribution in [1.82, 2.24) is 14.9 Å². The summed E-state index contributed by atoms with van der Waals surface area (Å²) < 4.78 is 11.7. The summed E-state index contributed by atoms with van der Waals surface area (Å²) >= 11 is 1.67. The maximum absolute atomic E-state index is 9.16. The lowest BCUT2D eigenvalue weighted by molar-refractivity contribution is 0.181. The molecule has 30 heavy (non-hydrogen) atoms. The molecule has 1 fully saturated rings. The molecule has 0 saturated carbocycles. The van der Waals surface area contributed by atoms with E-state index < -0.39 is 0 Å². The molecule has 3 heterocycles. The number of ether oxygens (including phenoxy) is 2. The molecular weight excluding hydrogens is 396 g/mol. The van der Waals surface area contributed by atoms with Crippen LogP contribution >= 0.6 is 11.3 Å². The highest BCUT2D eigenvalue weighted by Crippen LogP contribution is 2.39. The van der Waals surface area contributed by atoms with Gasteiger partial charge in [-0.25, -0.2) is 4.98 Å². The molecule has 1 aliphatic rings. The first-order valence-corrected chi connectivity index (χ1v) is 11.0. The van der Waals surface area contributed by atoms with E-state index in [-0.39, 0.29) is 0 Å². The molecule has 2 aromatic heterocycles. The van der Waals surface area contributed by atoms with Crippen molar-refractivity contribution in [3.05, 3.63) is 40.0 Å². The van der Waals surface area contributed by atoms with E-state index in [1.54, 1.807) is 36.6 Å². The van der Waals surface area contributed by atoms with Crippen molar-refractivity contribution in [1.29, 1.82) is 5.26 Å². The van der Waals surface area contributed by atoms with Gasteiger partial charge in [0, 0.05) is 10.9 Å². The first-order valence-electron chi connectivity index (χ1n) is 10.2. The van der Waals surface area contributed by atoms with Crippen molar-refractivity contribution in [2.24, 2.45) is 5.92 Å².